The molecule has 6 nitrogen and oxygen atoms in total. The molecule has 0 saturated heterocycles. The number of methoxy groups -OCH3 is 1. The average molecular weight is 323 g/mol. The van der Waals surface area contributed by atoms with Crippen LogP contribution in [0.5, 0.6) is 5.75 Å². The summed E-state index contributed by atoms with van der Waals surface area (Å²) in [6.45, 7) is 2.03. The third-order valence-corrected chi connectivity index (χ3v) is 3.51. The van der Waals surface area contributed by atoms with Crippen molar-refractivity contribution in [1.82, 2.24) is 10.2 Å². The van der Waals surface area contributed by atoms with Crippen LogP contribution in [0.3, 0.4) is 0 Å². The molecule has 122 valence electrons. The highest BCUT2D eigenvalue weighted by Gasteiger charge is 2.15. The molecule has 1 heterocycles. The van der Waals surface area contributed by atoms with Crippen molar-refractivity contribution in [2.45, 2.75) is 13.3 Å². The molecule has 0 aliphatic heterocycles. The van der Waals surface area contributed by atoms with Crippen LogP contribution in [0.4, 0.5) is 6.01 Å². The van der Waals surface area contributed by atoms with Crippen LogP contribution < -0.4 is 10.1 Å². The normalized spacial score (nSPS) is 10.4. The topological polar surface area (TPSA) is 77.2 Å². The molecular formula is C18H17N3O3. The molecule has 0 spiro atoms. The zero-order chi connectivity index (χ0) is 16.9. The van der Waals surface area contributed by atoms with Crippen molar-refractivity contribution in [2.24, 2.45) is 0 Å². The van der Waals surface area contributed by atoms with Gasteiger partial charge in [0.05, 0.1) is 19.1 Å². The molecule has 3 rings (SSSR count). The van der Waals surface area contributed by atoms with Gasteiger partial charge < -0.3 is 9.15 Å². The molecule has 1 N–H and O–H groups in total. The number of hydrogen-bond acceptors (Lipinski definition) is 5. The van der Waals surface area contributed by atoms with Crippen LogP contribution in [0.15, 0.2) is 52.9 Å². The van der Waals surface area contributed by atoms with E-state index in [0.717, 1.165) is 5.56 Å². The second kappa shape index (κ2) is 6.95. The van der Waals surface area contributed by atoms with E-state index >= 15 is 0 Å². The Morgan fingerprint density at radius 1 is 1.12 bits per heavy atom. The number of para-hydroxylation sites is 1. The van der Waals surface area contributed by atoms with E-state index in [0.29, 0.717) is 23.6 Å². The third kappa shape index (κ3) is 3.60. The molecule has 0 aliphatic rings. The van der Waals surface area contributed by atoms with Crippen LogP contribution in [0.1, 0.15) is 27.4 Å². The number of nitrogens with zero attached hydrogens (tertiary/aromatic N) is 2. The second-order valence-electron chi connectivity index (χ2n) is 5.32. The highest BCUT2D eigenvalue weighted by Crippen LogP contribution is 2.19. The largest absolute Gasteiger partial charge is 0.496 e. The zero-order valence-electron chi connectivity index (χ0n) is 13.4. The van der Waals surface area contributed by atoms with Crippen LogP contribution in [0.2, 0.25) is 0 Å². The molecule has 0 saturated carbocycles. The summed E-state index contributed by atoms with van der Waals surface area (Å²) in [4.78, 5) is 12.3. The molecule has 3 aromatic rings. The van der Waals surface area contributed by atoms with E-state index in [-0.39, 0.29) is 11.9 Å². The van der Waals surface area contributed by atoms with Gasteiger partial charge in [-0.3, -0.25) is 10.1 Å². The van der Waals surface area contributed by atoms with E-state index in [9.17, 15) is 4.79 Å². The lowest BCUT2D eigenvalue weighted by Gasteiger charge is -2.06. The lowest BCUT2D eigenvalue weighted by atomic mass is 10.1. The quantitative estimate of drug-likeness (QED) is 0.780. The number of rotatable bonds is 5. The lowest BCUT2D eigenvalue weighted by Crippen LogP contribution is -2.13. The Morgan fingerprint density at radius 2 is 1.88 bits per heavy atom. The van der Waals surface area contributed by atoms with Gasteiger partial charge in [-0.2, -0.15) is 0 Å². The summed E-state index contributed by atoms with van der Waals surface area (Å²) < 4.78 is 10.7. The molecule has 1 aromatic heterocycles. The summed E-state index contributed by atoms with van der Waals surface area (Å²) in [5, 5.41) is 10.4. The number of anilines is 1. The van der Waals surface area contributed by atoms with Crippen molar-refractivity contribution in [3.05, 3.63) is 71.1 Å². The molecule has 6 heteroatoms. The monoisotopic (exact) mass is 323 g/mol. The minimum atomic E-state index is -0.363. The van der Waals surface area contributed by atoms with Gasteiger partial charge in [-0.15, -0.1) is 5.10 Å². The smallest absolute Gasteiger partial charge is 0.322 e. The van der Waals surface area contributed by atoms with Gasteiger partial charge in [0.25, 0.3) is 5.91 Å². The van der Waals surface area contributed by atoms with E-state index in [1.807, 2.05) is 31.2 Å². The summed E-state index contributed by atoms with van der Waals surface area (Å²) in [5.41, 5.74) is 2.65. The molecule has 2 aromatic carbocycles. The standard InChI is InChI=1S/C18H17N3O3/c1-12-7-9-13(10-8-12)11-16-20-21-18(24-16)19-17(22)14-5-3-4-6-15(14)23-2/h3-10H,11H2,1-2H3,(H,19,21,22). The molecule has 0 unspecified atom stereocenters. The van der Waals surface area contributed by atoms with E-state index in [4.69, 9.17) is 9.15 Å². The fourth-order valence-electron chi connectivity index (χ4n) is 2.25. The van der Waals surface area contributed by atoms with Gasteiger partial charge in [-0.1, -0.05) is 47.1 Å². The van der Waals surface area contributed by atoms with E-state index in [2.05, 4.69) is 15.5 Å². The third-order valence-electron chi connectivity index (χ3n) is 3.51. The van der Waals surface area contributed by atoms with Crippen LogP contribution in [0.25, 0.3) is 0 Å². The number of aromatic nitrogens is 2. The Morgan fingerprint density at radius 3 is 2.62 bits per heavy atom. The number of nitrogens with one attached hydrogen (secondary N) is 1. The summed E-state index contributed by atoms with van der Waals surface area (Å²) in [5.74, 6) is 0.557. The van der Waals surface area contributed by atoms with Gasteiger partial charge >= 0.3 is 6.01 Å². The van der Waals surface area contributed by atoms with Gasteiger partial charge in [0.1, 0.15) is 5.75 Å². The van der Waals surface area contributed by atoms with Crippen LogP contribution in [-0.4, -0.2) is 23.2 Å². The van der Waals surface area contributed by atoms with E-state index < -0.39 is 0 Å². The second-order valence-corrected chi connectivity index (χ2v) is 5.32. The number of carbonyl (C=O) groups excluding carboxylic acids is 1. The Bertz CT molecular complexity index is 841. The van der Waals surface area contributed by atoms with Gasteiger partial charge in [-0.05, 0) is 24.6 Å². The average Bonchev–Trinajstić information content (AvgIpc) is 3.03. The lowest BCUT2D eigenvalue weighted by molar-refractivity contribution is 0.102. The van der Waals surface area contributed by atoms with Gasteiger partial charge in [0, 0.05) is 0 Å². The number of benzene rings is 2. The maximum absolute atomic E-state index is 12.3. The number of ether oxygens (including phenoxy) is 1. The molecular weight excluding hydrogens is 306 g/mol. The SMILES string of the molecule is COc1ccccc1C(=O)Nc1nnc(Cc2ccc(C)cc2)o1. The van der Waals surface area contributed by atoms with E-state index in [1.54, 1.807) is 24.3 Å². The van der Waals surface area contributed by atoms with E-state index in [1.165, 1.54) is 12.7 Å². The summed E-state index contributed by atoms with van der Waals surface area (Å²) in [6.07, 6.45) is 0.512. The minimum absolute atomic E-state index is 0.0630. The van der Waals surface area contributed by atoms with Gasteiger partial charge in [-0.25, -0.2) is 0 Å². The van der Waals surface area contributed by atoms with Crippen LogP contribution in [-0.2, 0) is 6.42 Å². The van der Waals surface area contributed by atoms with Crippen molar-refractivity contribution in [3.8, 4) is 5.75 Å². The van der Waals surface area contributed by atoms with Crippen molar-refractivity contribution >= 4 is 11.9 Å². The predicted molar refractivity (Wildman–Crippen MR) is 89.2 cm³/mol. The highest BCUT2D eigenvalue weighted by molar-refractivity contribution is 6.05. The number of hydrogen-bond donors (Lipinski definition) is 1. The van der Waals surface area contributed by atoms with Crippen LogP contribution >= 0.6 is 0 Å². The van der Waals surface area contributed by atoms with Gasteiger partial charge in [0.2, 0.25) is 5.89 Å². The zero-order valence-corrected chi connectivity index (χ0v) is 13.4. The maximum Gasteiger partial charge on any atom is 0.322 e. The first-order valence-corrected chi connectivity index (χ1v) is 7.48. The highest BCUT2D eigenvalue weighted by atomic mass is 16.5. The first-order valence-electron chi connectivity index (χ1n) is 7.48. The Kier molecular flexibility index (Phi) is 4.56. The van der Waals surface area contributed by atoms with Crippen LogP contribution in [0, 0.1) is 6.92 Å². The number of amides is 1. The van der Waals surface area contributed by atoms with Crippen molar-refractivity contribution in [3.63, 3.8) is 0 Å². The first-order chi connectivity index (χ1) is 11.7. The first kappa shape index (κ1) is 15.7. The minimum Gasteiger partial charge on any atom is -0.496 e. The van der Waals surface area contributed by atoms with Crippen molar-refractivity contribution < 1.29 is 13.9 Å². The molecule has 1 amide bonds. The summed E-state index contributed by atoms with van der Waals surface area (Å²) in [7, 11) is 1.51. The number of aryl methyl sites for hydroxylation is 1. The maximum atomic E-state index is 12.3. The molecule has 24 heavy (non-hydrogen) atoms. The number of carbonyl (C=O) groups is 1. The fraction of sp³-hybridized carbons (Fsp3) is 0.167. The Labute approximate surface area is 139 Å². The summed E-state index contributed by atoms with van der Waals surface area (Å²) in [6, 6.07) is 15.1. The fourth-order valence-corrected chi connectivity index (χ4v) is 2.25. The molecule has 0 fully saturated rings. The van der Waals surface area contributed by atoms with Crippen molar-refractivity contribution in [1.29, 1.82) is 0 Å². The summed E-state index contributed by atoms with van der Waals surface area (Å²) >= 11 is 0. The predicted octanol–water partition coefficient (Wildman–Crippen LogP) is 3.23. The Balaban J connectivity index is 1.69. The molecule has 0 bridgehead atoms. The molecule has 0 aliphatic carbocycles. The van der Waals surface area contributed by atoms with Gasteiger partial charge in [0.15, 0.2) is 0 Å². The molecule has 0 radical (unpaired) electrons. The van der Waals surface area contributed by atoms with Crippen molar-refractivity contribution in [2.75, 3.05) is 12.4 Å². The molecule has 0 atom stereocenters. The Hall–Kier alpha value is -3.15.